The standard InChI is InChI=1S/C25H47NO10/c1-4-16(3)24(33)21(36-23(32)12-17(25(34)35)11-22(30)31)10-15(2)8-6-5-7-9-19(28)20(29)13-18(27)14-26/h15-21,24,27-29,33H,4-14,26H2,1-3H3,(H,30,31)(H,34,35). The SMILES string of the molecule is CCC(C)C(O)C(CC(C)CCCCCC(O)C(O)CC(O)CN)OC(=O)CC(CC(=O)O)C(=O)O. The first-order valence-corrected chi connectivity index (χ1v) is 12.9. The van der Waals surface area contributed by atoms with Gasteiger partial charge in [0.05, 0.1) is 43.2 Å². The van der Waals surface area contributed by atoms with E-state index in [-0.39, 0.29) is 24.8 Å². The van der Waals surface area contributed by atoms with Gasteiger partial charge in [0, 0.05) is 13.0 Å². The van der Waals surface area contributed by atoms with Crippen LogP contribution in [0.4, 0.5) is 0 Å². The van der Waals surface area contributed by atoms with E-state index in [2.05, 4.69) is 0 Å². The molecule has 8 atom stereocenters. The van der Waals surface area contributed by atoms with Crippen LogP contribution in [0.5, 0.6) is 0 Å². The lowest BCUT2D eigenvalue weighted by molar-refractivity contribution is -0.163. The minimum atomic E-state index is -1.40. The third kappa shape index (κ3) is 14.7. The van der Waals surface area contributed by atoms with Gasteiger partial charge in [-0.25, -0.2) is 0 Å². The fourth-order valence-electron chi connectivity index (χ4n) is 4.00. The number of hydrogen-bond donors (Lipinski definition) is 7. The van der Waals surface area contributed by atoms with Crippen molar-refractivity contribution in [3.05, 3.63) is 0 Å². The maximum atomic E-state index is 12.4. The Morgan fingerprint density at radius 3 is 2.00 bits per heavy atom. The second-order valence-corrected chi connectivity index (χ2v) is 9.98. The van der Waals surface area contributed by atoms with Crippen molar-refractivity contribution >= 4 is 17.9 Å². The van der Waals surface area contributed by atoms with Gasteiger partial charge < -0.3 is 41.1 Å². The van der Waals surface area contributed by atoms with Crippen molar-refractivity contribution in [2.45, 2.75) is 115 Å². The lowest BCUT2D eigenvalue weighted by atomic mass is 9.89. The molecule has 0 spiro atoms. The Morgan fingerprint density at radius 1 is 0.861 bits per heavy atom. The summed E-state index contributed by atoms with van der Waals surface area (Å²) in [5.74, 6) is -5.05. The van der Waals surface area contributed by atoms with Crippen molar-refractivity contribution in [2.24, 2.45) is 23.5 Å². The smallest absolute Gasteiger partial charge is 0.307 e. The van der Waals surface area contributed by atoms with Crippen LogP contribution in [0.2, 0.25) is 0 Å². The van der Waals surface area contributed by atoms with Gasteiger partial charge in [-0.05, 0) is 24.7 Å². The van der Waals surface area contributed by atoms with E-state index >= 15 is 0 Å². The van der Waals surface area contributed by atoms with Crippen molar-refractivity contribution in [2.75, 3.05) is 6.54 Å². The zero-order chi connectivity index (χ0) is 27.8. The summed E-state index contributed by atoms with van der Waals surface area (Å²) < 4.78 is 5.46. The minimum Gasteiger partial charge on any atom is -0.481 e. The van der Waals surface area contributed by atoms with Crippen molar-refractivity contribution in [1.82, 2.24) is 0 Å². The van der Waals surface area contributed by atoms with E-state index in [1.807, 2.05) is 20.8 Å². The van der Waals surface area contributed by atoms with Crippen molar-refractivity contribution in [1.29, 1.82) is 0 Å². The average molecular weight is 522 g/mol. The molecule has 0 saturated heterocycles. The van der Waals surface area contributed by atoms with E-state index in [9.17, 15) is 39.9 Å². The molecule has 11 heteroatoms. The van der Waals surface area contributed by atoms with E-state index in [1.165, 1.54) is 0 Å². The molecule has 36 heavy (non-hydrogen) atoms. The number of ether oxygens (including phenoxy) is 1. The molecular weight excluding hydrogens is 474 g/mol. The lowest BCUT2D eigenvalue weighted by Gasteiger charge is -2.29. The summed E-state index contributed by atoms with van der Waals surface area (Å²) in [5, 5.41) is 58.1. The Kier molecular flexibility index (Phi) is 17.5. The number of rotatable bonds is 21. The van der Waals surface area contributed by atoms with E-state index < -0.39 is 67.2 Å². The highest BCUT2D eigenvalue weighted by atomic mass is 16.6. The number of aliphatic carboxylic acids is 2. The molecule has 0 aliphatic heterocycles. The van der Waals surface area contributed by atoms with E-state index in [4.69, 9.17) is 15.6 Å². The molecule has 8 N–H and O–H groups in total. The fourth-order valence-corrected chi connectivity index (χ4v) is 4.00. The number of esters is 1. The van der Waals surface area contributed by atoms with Gasteiger partial charge in [0.2, 0.25) is 0 Å². The number of carbonyl (C=O) groups excluding carboxylic acids is 1. The molecule has 0 aromatic rings. The van der Waals surface area contributed by atoms with Crippen LogP contribution in [0.3, 0.4) is 0 Å². The zero-order valence-corrected chi connectivity index (χ0v) is 21.8. The second kappa shape index (κ2) is 18.5. The molecule has 0 aliphatic carbocycles. The average Bonchev–Trinajstić information content (AvgIpc) is 2.81. The van der Waals surface area contributed by atoms with Crippen LogP contribution in [-0.2, 0) is 19.1 Å². The molecule has 8 unspecified atom stereocenters. The summed E-state index contributed by atoms with van der Waals surface area (Å²) in [6, 6.07) is 0. The van der Waals surface area contributed by atoms with Gasteiger partial charge in [-0.2, -0.15) is 0 Å². The van der Waals surface area contributed by atoms with E-state index in [0.29, 0.717) is 25.7 Å². The quantitative estimate of drug-likeness (QED) is 0.0845. The number of carboxylic acids is 2. The number of aliphatic hydroxyl groups is 4. The molecule has 0 radical (unpaired) electrons. The highest BCUT2D eigenvalue weighted by Crippen LogP contribution is 2.25. The topological polar surface area (TPSA) is 208 Å². The largest absolute Gasteiger partial charge is 0.481 e. The molecule has 0 amide bonds. The molecule has 0 bridgehead atoms. The minimum absolute atomic E-state index is 0.0200. The Labute approximate surface area is 213 Å². The summed E-state index contributed by atoms with van der Waals surface area (Å²) in [7, 11) is 0. The Bertz CT molecular complexity index is 646. The fraction of sp³-hybridized carbons (Fsp3) is 0.880. The molecule has 0 saturated carbocycles. The van der Waals surface area contributed by atoms with Gasteiger partial charge in [0.15, 0.2) is 0 Å². The van der Waals surface area contributed by atoms with Crippen LogP contribution in [0.25, 0.3) is 0 Å². The van der Waals surface area contributed by atoms with E-state index in [1.54, 1.807) is 0 Å². The van der Waals surface area contributed by atoms with Crippen LogP contribution < -0.4 is 5.73 Å². The molecule has 0 aromatic heterocycles. The number of hydrogen-bond acceptors (Lipinski definition) is 9. The molecule has 0 heterocycles. The molecular formula is C25H47NO10. The number of carboxylic acid groups (broad SMARTS) is 2. The van der Waals surface area contributed by atoms with Crippen LogP contribution in [-0.4, -0.2) is 85.6 Å². The summed E-state index contributed by atoms with van der Waals surface area (Å²) >= 11 is 0. The molecule has 0 rings (SSSR count). The molecule has 0 aliphatic rings. The predicted octanol–water partition coefficient (Wildman–Crippen LogP) is 1.28. The third-order valence-electron chi connectivity index (χ3n) is 6.64. The first-order valence-electron chi connectivity index (χ1n) is 12.9. The van der Waals surface area contributed by atoms with Gasteiger partial charge in [0.25, 0.3) is 0 Å². The van der Waals surface area contributed by atoms with Crippen LogP contribution in [0, 0.1) is 17.8 Å². The number of nitrogens with two attached hydrogens (primary N) is 1. The first-order chi connectivity index (χ1) is 16.8. The van der Waals surface area contributed by atoms with Gasteiger partial charge in [-0.1, -0.05) is 52.9 Å². The maximum Gasteiger partial charge on any atom is 0.307 e. The number of aliphatic hydroxyl groups excluding tert-OH is 4. The van der Waals surface area contributed by atoms with Crippen molar-refractivity contribution < 1.29 is 49.8 Å². The number of unbranched alkanes of at least 4 members (excludes halogenated alkanes) is 2. The predicted molar refractivity (Wildman–Crippen MR) is 132 cm³/mol. The Morgan fingerprint density at radius 2 is 1.47 bits per heavy atom. The van der Waals surface area contributed by atoms with Crippen molar-refractivity contribution in [3.8, 4) is 0 Å². The Balaban J connectivity index is 4.74. The van der Waals surface area contributed by atoms with Gasteiger partial charge in [-0.15, -0.1) is 0 Å². The highest BCUT2D eigenvalue weighted by Gasteiger charge is 2.31. The van der Waals surface area contributed by atoms with Gasteiger partial charge in [-0.3, -0.25) is 14.4 Å². The summed E-state index contributed by atoms with van der Waals surface area (Å²) in [6.07, 6.45) is -1.40. The maximum absolute atomic E-state index is 12.4. The van der Waals surface area contributed by atoms with Crippen molar-refractivity contribution in [3.63, 3.8) is 0 Å². The normalized spacial score (nSPS) is 18.3. The van der Waals surface area contributed by atoms with Gasteiger partial charge >= 0.3 is 17.9 Å². The zero-order valence-electron chi connectivity index (χ0n) is 21.8. The summed E-state index contributed by atoms with van der Waals surface area (Å²) in [4.78, 5) is 34.5. The highest BCUT2D eigenvalue weighted by molar-refractivity contribution is 5.82. The third-order valence-corrected chi connectivity index (χ3v) is 6.64. The Hall–Kier alpha value is -1.79. The molecule has 11 nitrogen and oxygen atoms in total. The second-order valence-electron chi connectivity index (χ2n) is 9.98. The lowest BCUT2D eigenvalue weighted by Crippen LogP contribution is -2.38. The molecule has 0 fully saturated rings. The number of carbonyl (C=O) groups is 3. The molecule has 212 valence electrons. The van der Waals surface area contributed by atoms with E-state index in [0.717, 1.165) is 19.3 Å². The monoisotopic (exact) mass is 521 g/mol. The summed E-state index contributed by atoms with van der Waals surface area (Å²) in [6.45, 7) is 5.70. The van der Waals surface area contributed by atoms with Crippen LogP contribution >= 0.6 is 0 Å². The van der Waals surface area contributed by atoms with Gasteiger partial charge in [0.1, 0.15) is 6.10 Å². The summed E-state index contributed by atoms with van der Waals surface area (Å²) in [5.41, 5.74) is 5.31. The van der Waals surface area contributed by atoms with Crippen LogP contribution in [0.15, 0.2) is 0 Å². The first kappa shape index (κ1) is 34.2. The van der Waals surface area contributed by atoms with Crippen LogP contribution in [0.1, 0.15) is 85.0 Å². The molecule has 0 aromatic carbocycles.